The summed E-state index contributed by atoms with van der Waals surface area (Å²) in [6.45, 7) is 2.07. The van der Waals surface area contributed by atoms with Crippen molar-refractivity contribution in [2.75, 3.05) is 0 Å². The zero-order valence-corrected chi connectivity index (χ0v) is 14.2. The molecule has 0 fully saturated rings. The number of hydrogen-bond acceptors (Lipinski definition) is 5. The lowest BCUT2D eigenvalue weighted by Crippen LogP contribution is -1.95. The molecule has 4 aromatic rings. The Morgan fingerprint density at radius 3 is 2.75 bits per heavy atom. The molecule has 0 aliphatic heterocycles. The minimum Gasteiger partial charge on any atom is -0.307 e. The first kappa shape index (κ1) is 14.9. The number of hydrogen-bond donors (Lipinski definition) is 0. The summed E-state index contributed by atoms with van der Waals surface area (Å²) in [6.07, 6.45) is 7.61. The minimum absolute atomic E-state index is 0.753. The normalized spacial score (nSPS) is 11.2. The van der Waals surface area contributed by atoms with Gasteiger partial charge in [-0.1, -0.05) is 17.8 Å². The predicted octanol–water partition coefficient (Wildman–Crippen LogP) is 3.13. The van der Waals surface area contributed by atoms with Gasteiger partial charge in [0, 0.05) is 43.2 Å². The van der Waals surface area contributed by atoms with Crippen LogP contribution in [0.5, 0.6) is 0 Å². The Balaban J connectivity index is 1.55. The van der Waals surface area contributed by atoms with Crippen LogP contribution in [0.2, 0.25) is 0 Å². The van der Waals surface area contributed by atoms with Crippen molar-refractivity contribution >= 4 is 17.4 Å². The van der Waals surface area contributed by atoms with Gasteiger partial charge in [-0.3, -0.25) is 4.98 Å². The number of pyridine rings is 2. The van der Waals surface area contributed by atoms with Gasteiger partial charge in [0.05, 0.1) is 5.69 Å². The second-order valence-corrected chi connectivity index (χ2v) is 6.49. The molecule has 6 nitrogen and oxygen atoms in total. The van der Waals surface area contributed by atoms with E-state index in [0.29, 0.717) is 0 Å². The van der Waals surface area contributed by atoms with E-state index in [-0.39, 0.29) is 0 Å². The van der Waals surface area contributed by atoms with Gasteiger partial charge in [0.25, 0.3) is 0 Å². The van der Waals surface area contributed by atoms with Gasteiger partial charge >= 0.3 is 0 Å². The van der Waals surface area contributed by atoms with Gasteiger partial charge in [-0.2, -0.15) is 0 Å². The number of thioether (sulfide) groups is 1. The summed E-state index contributed by atoms with van der Waals surface area (Å²) < 4.78 is 4.06. The Hall–Kier alpha value is -2.67. The molecule has 24 heavy (non-hydrogen) atoms. The smallest absolute Gasteiger partial charge is 0.191 e. The lowest BCUT2D eigenvalue weighted by atomic mass is 10.2. The predicted molar refractivity (Wildman–Crippen MR) is 93.7 cm³/mol. The number of imidazole rings is 1. The highest BCUT2D eigenvalue weighted by Crippen LogP contribution is 2.25. The SMILES string of the molecule is Cc1cccn2cc(CSc3nnc(-c4ccncc4)n3C)nc12. The molecule has 0 radical (unpaired) electrons. The maximum atomic E-state index is 4.70. The molecule has 120 valence electrons. The summed E-state index contributed by atoms with van der Waals surface area (Å²) in [7, 11) is 1.98. The molecule has 0 atom stereocenters. The second kappa shape index (κ2) is 6.09. The van der Waals surface area contributed by atoms with E-state index >= 15 is 0 Å². The molecule has 0 amide bonds. The maximum Gasteiger partial charge on any atom is 0.191 e. The Bertz CT molecular complexity index is 989. The second-order valence-electron chi connectivity index (χ2n) is 5.54. The molecule has 0 unspecified atom stereocenters. The Morgan fingerprint density at radius 1 is 1.12 bits per heavy atom. The van der Waals surface area contributed by atoms with E-state index in [1.165, 1.54) is 5.56 Å². The largest absolute Gasteiger partial charge is 0.307 e. The number of aromatic nitrogens is 6. The molecule has 4 rings (SSSR count). The Kier molecular flexibility index (Phi) is 3.78. The lowest BCUT2D eigenvalue weighted by molar-refractivity contribution is 0.793. The summed E-state index contributed by atoms with van der Waals surface area (Å²) in [6, 6.07) is 7.97. The fourth-order valence-corrected chi connectivity index (χ4v) is 3.40. The average Bonchev–Trinajstić information content (AvgIpc) is 3.18. The zero-order valence-electron chi connectivity index (χ0n) is 13.4. The highest BCUT2D eigenvalue weighted by Gasteiger charge is 2.12. The summed E-state index contributed by atoms with van der Waals surface area (Å²) in [4.78, 5) is 8.74. The minimum atomic E-state index is 0.753. The van der Waals surface area contributed by atoms with Crippen molar-refractivity contribution in [3.05, 3.63) is 60.3 Å². The van der Waals surface area contributed by atoms with E-state index < -0.39 is 0 Å². The lowest BCUT2D eigenvalue weighted by Gasteiger charge is -2.02. The van der Waals surface area contributed by atoms with Crippen molar-refractivity contribution in [2.24, 2.45) is 7.05 Å². The van der Waals surface area contributed by atoms with Crippen LogP contribution in [0.4, 0.5) is 0 Å². The maximum absolute atomic E-state index is 4.70. The van der Waals surface area contributed by atoms with Gasteiger partial charge in [-0.15, -0.1) is 10.2 Å². The van der Waals surface area contributed by atoms with Crippen LogP contribution in [-0.4, -0.2) is 29.1 Å². The van der Waals surface area contributed by atoms with Crippen molar-refractivity contribution in [3.63, 3.8) is 0 Å². The monoisotopic (exact) mass is 336 g/mol. The van der Waals surface area contributed by atoms with E-state index in [0.717, 1.165) is 33.6 Å². The molecule has 7 heteroatoms. The van der Waals surface area contributed by atoms with Crippen molar-refractivity contribution in [1.82, 2.24) is 29.1 Å². The van der Waals surface area contributed by atoms with E-state index in [1.54, 1.807) is 24.2 Å². The van der Waals surface area contributed by atoms with Gasteiger partial charge in [0.1, 0.15) is 5.65 Å². The van der Waals surface area contributed by atoms with E-state index in [4.69, 9.17) is 4.98 Å². The van der Waals surface area contributed by atoms with Gasteiger partial charge in [-0.25, -0.2) is 4.98 Å². The van der Waals surface area contributed by atoms with Gasteiger partial charge in [-0.05, 0) is 30.7 Å². The molecule has 0 aliphatic carbocycles. The van der Waals surface area contributed by atoms with E-state index in [1.807, 2.05) is 36.0 Å². The fourth-order valence-electron chi connectivity index (χ4n) is 2.61. The number of nitrogens with zero attached hydrogens (tertiary/aromatic N) is 6. The van der Waals surface area contributed by atoms with Crippen LogP contribution < -0.4 is 0 Å². The summed E-state index contributed by atoms with van der Waals surface area (Å²) in [5.41, 5.74) is 4.22. The van der Waals surface area contributed by atoms with Crippen molar-refractivity contribution in [2.45, 2.75) is 17.8 Å². The van der Waals surface area contributed by atoms with Gasteiger partial charge in [0.15, 0.2) is 11.0 Å². The molecule has 0 bridgehead atoms. The molecule has 0 saturated heterocycles. The number of aryl methyl sites for hydroxylation is 1. The molecule has 4 aromatic heterocycles. The third-order valence-corrected chi connectivity index (χ3v) is 4.90. The average molecular weight is 336 g/mol. The van der Waals surface area contributed by atoms with Crippen LogP contribution in [-0.2, 0) is 12.8 Å². The Labute approximate surface area is 143 Å². The van der Waals surface area contributed by atoms with Crippen LogP contribution in [0.25, 0.3) is 17.0 Å². The molecule has 0 aromatic carbocycles. The topological polar surface area (TPSA) is 60.9 Å². The first-order valence-electron chi connectivity index (χ1n) is 7.58. The first-order valence-corrected chi connectivity index (χ1v) is 8.57. The van der Waals surface area contributed by atoms with E-state index in [2.05, 4.69) is 38.8 Å². The van der Waals surface area contributed by atoms with Crippen LogP contribution in [0.15, 0.2) is 54.2 Å². The molecule has 0 aliphatic rings. The van der Waals surface area contributed by atoms with Gasteiger partial charge < -0.3 is 8.97 Å². The summed E-state index contributed by atoms with van der Waals surface area (Å²) >= 11 is 1.63. The molecular weight excluding hydrogens is 320 g/mol. The third-order valence-electron chi connectivity index (χ3n) is 3.85. The van der Waals surface area contributed by atoms with Gasteiger partial charge in [0.2, 0.25) is 0 Å². The van der Waals surface area contributed by atoms with Crippen LogP contribution in [0.3, 0.4) is 0 Å². The van der Waals surface area contributed by atoms with Crippen LogP contribution in [0, 0.1) is 6.92 Å². The summed E-state index contributed by atoms with van der Waals surface area (Å²) in [5.74, 6) is 1.59. The van der Waals surface area contributed by atoms with Crippen LogP contribution in [0.1, 0.15) is 11.3 Å². The fraction of sp³-hybridized carbons (Fsp3) is 0.176. The molecular formula is C17H16N6S. The first-order chi connectivity index (χ1) is 11.7. The van der Waals surface area contributed by atoms with Crippen molar-refractivity contribution < 1.29 is 0 Å². The quantitative estimate of drug-likeness (QED) is 0.536. The summed E-state index contributed by atoms with van der Waals surface area (Å²) in [5, 5.41) is 9.46. The highest BCUT2D eigenvalue weighted by molar-refractivity contribution is 7.98. The third kappa shape index (κ3) is 2.67. The van der Waals surface area contributed by atoms with E-state index in [9.17, 15) is 0 Å². The van der Waals surface area contributed by atoms with Crippen molar-refractivity contribution in [3.8, 4) is 11.4 Å². The molecule has 4 heterocycles. The number of fused-ring (bicyclic) bond motifs is 1. The number of rotatable bonds is 4. The van der Waals surface area contributed by atoms with Crippen molar-refractivity contribution in [1.29, 1.82) is 0 Å². The molecule has 0 N–H and O–H groups in total. The molecule has 0 spiro atoms. The van der Waals surface area contributed by atoms with Crippen LogP contribution >= 0.6 is 11.8 Å². The highest BCUT2D eigenvalue weighted by atomic mass is 32.2. The zero-order chi connectivity index (χ0) is 16.5. The Morgan fingerprint density at radius 2 is 1.96 bits per heavy atom. The molecule has 0 saturated carbocycles. The standard InChI is InChI=1S/C17H16N6S/c1-12-4-3-9-23-10-14(19-15(12)23)11-24-17-21-20-16(22(17)2)13-5-7-18-8-6-13/h3-10H,11H2,1-2H3.